The van der Waals surface area contributed by atoms with Crippen LogP contribution >= 0.6 is 0 Å². The normalized spacial score (nSPS) is 15.9. The molecule has 2 aromatic carbocycles. The third-order valence-electron chi connectivity index (χ3n) is 5.31. The number of carbonyl (C=O) groups excluding carboxylic acids is 2. The molecule has 0 aromatic heterocycles. The first-order chi connectivity index (χ1) is 14.0. The van der Waals surface area contributed by atoms with E-state index in [0.717, 1.165) is 24.8 Å². The van der Waals surface area contributed by atoms with Crippen LogP contribution in [0.1, 0.15) is 42.4 Å². The zero-order valence-electron chi connectivity index (χ0n) is 16.6. The first-order valence-corrected chi connectivity index (χ1v) is 10.1. The summed E-state index contributed by atoms with van der Waals surface area (Å²) in [6, 6.07) is 17.0. The Morgan fingerprint density at radius 2 is 1.79 bits per heavy atom. The van der Waals surface area contributed by atoms with Gasteiger partial charge in [0, 0.05) is 25.1 Å². The Morgan fingerprint density at radius 1 is 1.07 bits per heavy atom. The predicted octanol–water partition coefficient (Wildman–Crippen LogP) is 2.60. The molecule has 1 atom stereocenters. The van der Waals surface area contributed by atoms with Crippen molar-refractivity contribution < 1.29 is 9.59 Å². The van der Waals surface area contributed by atoms with Crippen LogP contribution in [0.25, 0.3) is 0 Å². The van der Waals surface area contributed by atoms with Crippen LogP contribution in [0.3, 0.4) is 0 Å². The highest BCUT2D eigenvalue weighted by molar-refractivity contribution is 5.94. The fourth-order valence-electron chi connectivity index (χ4n) is 3.68. The minimum atomic E-state index is -0.379. The molecule has 1 aliphatic rings. The summed E-state index contributed by atoms with van der Waals surface area (Å²) < 4.78 is 0. The first kappa shape index (κ1) is 20.6. The third-order valence-corrected chi connectivity index (χ3v) is 5.31. The van der Waals surface area contributed by atoms with Crippen LogP contribution in [0.15, 0.2) is 54.6 Å². The van der Waals surface area contributed by atoms with Gasteiger partial charge in [-0.1, -0.05) is 54.6 Å². The standard InChI is InChI=1S/C23H28N4O2/c24-22(25)19-13-11-18(12-14-19)16-26-23(29)20-9-5-15-27(20)21(28)10-4-8-17-6-2-1-3-7-17/h1-3,6-7,11-14,20H,4-5,8-10,15-16H2,(H3,24,25)(H,26,29)/t20-/m0/s1. The van der Waals surface area contributed by atoms with E-state index in [4.69, 9.17) is 11.1 Å². The summed E-state index contributed by atoms with van der Waals surface area (Å²) in [5, 5.41) is 10.4. The summed E-state index contributed by atoms with van der Waals surface area (Å²) >= 11 is 0. The van der Waals surface area contributed by atoms with Crippen LogP contribution in [0.2, 0.25) is 0 Å². The minimum Gasteiger partial charge on any atom is -0.384 e. The maximum atomic E-state index is 12.6. The number of amides is 2. The van der Waals surface area contributed by atoms with Gasteiger partial charge in [-0.05, 0) is 36.8 Å². The Bertz CT molecular complexity index is 849. The van der Waals surface area contributed by atoms with E-state index in [9.17, 15) is 9.59 Å². The fourth-order valence-corrected chi connectivity index (χ4v) is 3.68. The van der Waals surface area contributed by atoms with Crippen LogP contribution in [0, 0.1) is 5.41 Å². The second kappa shape index (κ2) is 9.87. The molecule has 1 aliphatic heterocycles. The molecule has 1 saturated heterocycles. The van der Waals surface area contributed by atoms with Gasteiger partial charge in [-0.2, -0.15) is 0 Å². The van der Waals surface area contributed by atoms with Crippen molar-refractivity contribution in [2.45, 2.75) is 44.7 Å². The van der Waals surface area contributed by atoms with Gasteiger partial charge >= 0.3 is 0 Å². The first-order valence-electron chi connectivity index (χ1n) is 10.1. The summed E-state index contributed by atoms with van der Waals surface area (Å²) in [6.45, 7) is 1.04. The molecule has 0 radical (unpaired) electrons. The van der Waals surface area contributed by atoms with Gasteiger partial charge in [0.1, 0.15) is 11.9 Å². The lowest BCUT2D eigenvalue weighted by Gasteiger charge is -2.24. The van der Waals surface area contributed by atoms with E-state index in [1.54, 1.807) is 17.0 Å². The molecule has 2 aromatic rings. The van der Waals surface area contributed by atoms with E-state index < -0.39 is 0 Å². The molecule has 0 bridgehead atoms. The number of aryl methyl sites for hydroxylation is 1. The monoisotopic (exact) mass is 392 g/mol. The Labute approximate surface area is 171 Å². The van der Waals surface area contributed by atoms with Gasteiger partial charge in [-0.15, -0.1) is 0 Å². The van der Waals surface area contributed by atoms with Crippen molar-refractivity contribution in [3.05, 3.63) is 71.3 Å². The van der Waals surface area contributed by atoms with Crippen molar-refractivity contribution in [1.29, 1.82) is 5.41 Å². The fraction of sp³-hybridized carbons (Fsp3) is 0.348. The maximum Gasteiger partial charge on any atom is 0.243 e. The second-order valence-electron chi connectivity index (χ2n) is 7.41. The van der Waals surface area contributed by atoms with E-state index in [1.807, 2.05) is 30.3 Å². The third kappa shape index (κ3) is 5.67. The molecule has 0 aliphatic carbocycles. The lowest BCUT2D eigenvalue weighted by Crippen LogP contribution is -2.45. The predicted molar refractivity (Wildman–Crippen MR) is 113 cm³/mol. The largest absolute Gasteiger partial charge is 0.384 e. The van der Waals surface area contributed by atoms with Crippen LogP contribution < -0.4 is 11.1 Å². The smallest absolute Gasteiger partial charge is 0.243 e. The van der Waals surface area contributed by atoms with E-state index in [1.165, 1.54) is 5.56 Å². The van der Waals surface area contributed by atoms with Crippen molar-refractivity contribution >= 4 is 17.6 Å². The zero-order chi connectivity index (χ0) is 20.6. The number of rotatable bonds is 8. The summed E-state index contributed by atoms with van der Waals surface area (Å²) in [4.78, 5) is 27.0. The molecule has 29 heavy (non-hydrogen) atoms. The number of nitrogen functional groups attached to an aromatic ring is 1. The van der Waals surface area contributed by atoms with Crippen LogP contribution in [0.5, 0.6) is 0 Å². The van der Waals surface area contributed by atoms with Gasteiger partial charge in [-0.25, -0.2) is 0 Å². The quantitative estimate of drug-likeness (QED) is 0.476. The summed E-state index contributed by atoms with van der Waals surface area (Å²) in [5.74, 6) is -0.0214. The van der Waals surface area contributed by atoms with Gasteiger partial charge in [0.15, 0.2) is 0 Å². The molecule has 6 heteroatoms. The average molecular weight is 393 g/mol. The lowest BCUT2D eigenvalue weighted by molar-refractivity contribution is -0.138. The molecule has 0 unspecified atom stereocenters. The van der Waals surface area contributed by atoms with E-state index >= 15 is 0 Å². The molecule has 6 nitrogen and oxygen atoms in total. The molecular formula is C23H28N4O2. The number of benzene rings is 2. The van der Waals surface area contributed by atoms with Crippen molar-refractivity contribution in [1.82, 2.24) is 10.2 Å². The number of likely N-dealkylation sites (tertiary alicyclic amines) is 1. The van der Waals surface area contributed by atoms with Gasteiger partial charge in [0.05, 0.1) is 0 Å². The molecule has 4 N–H and O–H groups in total. The number of hydrogen-bond acceptors (Lipinski definition) is 3. The number of hydrogen-bond donors (Lipinski definition) is 3. The Kier molecular flexibility index (Phi) is 7.00. The second-order valence-corrected chi connectivity index (χ2v) is 7.41. The molecule has 0 spiro atoms. The highest BCUT2D eigenvalue weighted by Gasteiger charge is 2.33. The summed E-state index contributed by atoms with van der Waals surface area (Å²) in [7, 11) is 0. The highest BCUT2D eigenvalue weighted by Crippen LogP contribution is 2.19. The van der Waals surface area contributed by atoms with Gasteiger partial charge < -0.3 is 16.0 Å². The molecule has 1 fully saturated rings. The minimum absolute atomic E-state index is 0.0213. The summed E-state index contributed by atoms with van der Waals surface area (Å²) in [6.07, 6.45) is 3.68. The number of nitrogens with one attached hydrogen (secondary N) is 2. The number of nitrogens with zero attached hydrogens (tertiary/aromatic N) is 1. The molecule has 152 valence electrons. The van der Waals surface area contributed by atoms with Crippen LogP contribution in [0.4, 0.5) is 0 Å². The lowest BCUT2D eigenvalue weighted by atomic mass is 10.1. The maximum absolute atomic E-state index is 12.6. The number of nitrogens with two attached hydrogens (primary N) is 1. The van der Waals surface area contributed by atoms with Crippen LogP contribution in [-0.4, -0.2) is 35.1 Å². The van der Waals surface area contributed by atoms with E-state index in [2.05, 4.69) is 17.4 Å². The van der Waals surface area contributed by atoms with Crippen molar-refractivity contribution in [2.75, 3.05) is 6.54 Å². The Morgan fingerprint density at radius 3 is 2.48 bits per heavy atom. The number of amidine groups is 1. The van der Waals surface area contributed by atoms with Crippen molar-refractivity contribution in [3.8, 4) is 0 Å². The van der Waals surface area contributed by atoms with Gasteiger partial charge in [0.25, 0.3) is 0 Å². The Hall–Kier alpha value is -3.15. The van der Waals surface area contributed by atoms with Crippen molar-refractivity contribution in [2.24, 2.45) is 5.73 Å². The molecular weight excluding hydrogens is 364 g/mol. The molecule has 2 amide bonds. The summed E-state index contributed by atoms with van der Waals surface area (Å²) in [5.41, 5.74) is 8.27. The van der Waals surface area contributed by atoms with E-state index in [-0.39, 0.29) is 23.7 Å². The Balaban J connectivity index is 1.47. The number of carbonyl (C=O) groups is 2. The van der Waals surface area contributed by atoms with Gasteiger partial charge in [0.2, 0.25) is 11.8 Å². The molecule has 3 rings (SSSR count). The topological polar surface area (TPSA) is 99.3 Å². The highest BCUT2D eigenvalue weighted by atomic mass is 16.2. The van der Waals surface area contributed by atoms with Crippen molar-refractivity contribution in [3.63, 3.8) is 0 Å². The zero-order valence-corrected chi connectivity index (χ0v) is 16.6. The van der Waals surface area contributed by atoms with Crippen LogP contribution in [-0.2, 0) is 22.6 Å². The molecule has 1 heterocycles. The molecule has 0 saturated carbocycles. The van der Waals surface area contributed by atoms with Gasteiger partial charge in [-0.3, -0.25) is 15.0 Å². The SMILES string of the molecule is N=C(N)c1ccc(CNC(=O)[C@@H]2CCCN2C(=O)CCCc2ccccc2)cc1. The van der Waals surface area contributed by atoms with E-state index in [0.29, 0.717) is 31.5 Å². The average Bonchev–Trinajstić information content (AvgIpc) is 3.23.